The first-order valence-corrected chi connectivity index (χ1v) is 4.94. The summed E-state index contributed by atoms with van der Waals surface area (Å²) < 4.78 is 9.78. The fraction of sp³-hybridized carbons (Fsp3) is 0.0833. The van der Waals surface area contributed by atoms with Crippen molar-refractivity contribution in [2.75, 3.05) is 7.11 Å². The molecule has 0 amide bonds. The van der Waals surface area contributed by atoms with Gasteiger partial charge < -0.3 is 9.47 Å². The van der Waals surface area contributed by atoms with E-state index < -0.39 is 11.9 Å². The second kappa shape index (κ2) is 3.28. The van der Waals surface area contributed by atoms with Crippen molar-refractivity contribution in [2.24, 2.45) is 0 Å². The molecule has 0 saturated heterocycles. The smallest absolute Gasteiger partial charge is 0.346 e. The molecule has 0 saturated carbocycles. The summed E-state index contributed by atoms with van der Waals surface area (Å²) >= 11 is 0. The molecule has 2 heterocycles. The fourth-order valence-electron chi connectivity index (χ4n) is 1.94. The number of ether oxygens (including phenoxy) is 2. The van der Waals surface area contributed by atoms with Crippen molar-refractivity contribution < 1.29 is 19.1 Å². The average molecular weight is 229 g/mol. The summed E-state index contributed by atoms with van der Waals surface area (Å²) in [6.45, 7) is 0. The van der Waals surface area contributed by atoms with Gasteiger partial charge in [-0.15, -0.1) is 0 Å². The molecule has 0 unspecified atom stereocenters. The molecule has 0 spiro atoms. The number of esters is 2. The number of pyridine rings is 1. The monoisotopic (exact) mass is 229 g/mol. The summed E-state index contributed by atoms with van der Waals surface area (Å²) in [5.74, 6) is -0.778. The van der Waals surface area contributed by atoms with E-state index in [-0.39, 0.29) is 0 Å². The van der Waals surface area contributed by atoms with Gasteiger partial charge >= 0.3 is 11.9 Å². The zero-order valence-electron chi connectivity index (χ0n) is 8.89. The van der Waals surface area contributed by atoms with E-state index in [1.54, 1.807) is 12.1 Å². The molecular formula is C12H7NO4. The number of hydrogen-bond donors (Lipinski definition) is 0. The molecule has 5 heteroatoms. The van der Waals surface area contributed by atoms with E-state index in [1.807, 2.05) is 0 Å². The molecule has 1 aliphatic heterocycles. The van der Waals surface area contributed by atoms with Crippen LogP contribution in [0.4, 0.5) is 0 Å². The molecule has 84 valence electrons. The Morgan fingerprint density at radius 2 is 1.82 bits per heavy atom. The number of aromatic nitrogens is 1. The van der Waals surface area contributed by atoms with Gasteiger partial charge in [0.25, 0.3) is 0 Å². The molecule has 0 atom stereocenters. The van der Waals surface area contributed by atoms with E-state index >= 15 is 0 Å². The number of cyclic esters (lactones) is 2. The Morgan fingerprint density at radius 3 is 2.53 bits per heavy atom. The number of methoxy groups -OCH3 is 1. The van der Waals surface area contributed by atoms with Gasteiger partial charge in [0.15, 0.2) is 0 Å². The first-order chi connectivity index (χ1) is 8.22. The Hall–Kier alpha value is -2.43. The summed E-state index contributed by atoms with van der Waals surface area (Å²) in [5.41, 5.74) is 1.17. The molecule has 0 N–H and O–H groups in total. The van der Waals surface area contributed by atoms with Crippen LogP contribution < -0.4 is 4.74 Å². The first-order valence-electron chi connectivity index (χ1n) is 4.94. The predicted molar refractivity (Wildman–Crippen MR) is 58.0 cm³/mol. The summed E-state index contributed by atoms with van der Waals surface area (Å²) in [4.78, 5) is 27.3. The van der Waals surface area contributed by atoms with Gasteiger partial charge in [-0.2, -0.15) is 0 Å². The van der Waals surface area contributed by atoms with E-state index in [0.717, 1.165) is 0 Å². The van der Waals surface area contributed by atoms with E-state index in [4.69, 9.17) is 4.74 Å². The maximum Gasteiger partial charge on any atom is 0.346 e. The lowest BCUT2D eigenvalue weighted by molar-refractivity contribution is 0.0391. The highest BCUT2D eigenvalue weighted by molar-refractivity contribution is 6.20. The highest BCUT2D eigenvalue weighted by Gasteiger charge is 2.28. The second-order valence-corrected chi connectivity index (χ2v) is 3.57. The fourth-order valence-corrected chi connectivity index (χ4v) is 1.94. The standard InChI is InChI=1S/C12H7NO4/c1-16-8-3-2-6-9-7(4-5-13-10(8)9)12(15)17-11(6)14/h2-5H,1H3. The molecule has 0 fully saturated rings. The molecular weight excluding hydrogens is 222 g/mol. The molecule has 1 aromatic heterocycles. The van der Waals surface area contributed by atoms with Crippen molar-refractivity contribution in [2.45, 2.75) is 0 Å². The topological polar surface area (TPSA) is 65.5 Å². The number of carbonyl (C=O) groups excluding carboxylic acids is 2. The van der Waals surface area contributed by atoms with Gasteiger partial charge in [0, 0.05) is 11.6 Å². The SMILES string of the molecule is COc1ccc2c3c(ccnc13)C(=O)OC2=O. The van der Waals surface area contributed by atoms with Crippen LogP contribution in [0.25, 0.3) is 10.9 Å². The number of carbonyl (C=O) groups is 2. The summed E-state index contributed by atoms with van der Waals surface area (Å²) in [6.07, 6.45) is 1.49. The van der Waals surface area contributed by atoms with E-state index in [2.05, 4.69) is 9.72 Å². The van der Waals surface area contributed by atoms with Crippen LogP contribution in [0.5, 0.6) is 5.75 Å². The summed E-state index contributed by atoms with van der Waals surface area (Å²) in [5, 5.41) is 0.494. The Bertz CT molecular complexity index is 643. The lowest BCUT2D eigenvalue weighted by Crippen LogP contribution is -2.19. The van der Waals surface area contributed by atoms with Crippen LogP contribution in [0, 0.1) is 0 Å². The Balaban J connectivity index is 2.51. The van der Waals surface area contributed by atoms with Crippen LogP contribution in [0.3, 0.4) is 0 Å². The van der Waals surface area contributed by atoms with Gasteiger partial charge in [0.05, 0.1) is 18.2 Å². The molecule has 2 aromatic rings. The Morgan fingerprint density at radius 1 is 1.12 bits per heavy atom. The van der Waals surface area contributed by atoms with Gasteiger partial charge in [-0.05, 0) is 18.2 Å². The van der Waals surface area contributed by atoms with Crippen LogP contribution >= 0.6 is 0 Å². The zero-order valence-corrected chi connectivity index (χ0v) is 8.89. The quantitative estimate of drug-likeness (QED) is 0.548. The molecule has 1 aliphatic rings. The highest BCUT2D eigenvalue weighted by atomic mass is 16.6. The van der Waals surface area contributed by atoms with Gasteiger partial charge in [-0.25, -0.2) is 9.59 Å². The number of rotatable bonds is 1. The average Bonchev–Trinajstić information content (AvgIpc) is 2.35. The van der Waals surface area contributed by atoms with E-state index in [0.29, 0.717) is 27.8 Å². The third-order valence-corrected chi connectivity index (χ3v) is 2.70. The summed E-state index contributed by atoms with van der Waals surface area (Å²) in [7, 11) is 1.51. The van der Waals surface area contributed by atoms with Gasteiger partial charge in [-0.3, -0.25) is 4.98 Å². The third-order valence-electron chi connectivity index (χ3n) is 2.70. The Kier molecular flexibility index (Phi) is 1.89. The van der Waals surface area contributed by atoms with Crippen molar-refractivity contribution in [1.82, 2.24) is 4.98 Å². The zero-order chi connectivity index (χ0) is 12.0. The minimum atomic E-state index is -0.650. The number of benzene rings is 1. The molecule has 0 radical (unpaired) electrons. The first kappa shape index (κ1) is 9.77. The Labute approximate surface area is 96.0 Å². The normalized spacial score (nSPS) is 13.7. The van der Waals surface area contributed by atoms with E-state index in [9.17, 15) is 9.59 Å². The van der Waals surface area contributed by atoms with Crippen molar-refractivity contribution in [1.29, 1.82) is 0 Å². The second-order valence-electron chi connectivity index (χ2n) is 3.57. The summed E-state index contributed by atoms with van der Waals surface area (Å²) in [6, 6.07) is 4.73. The van der Waals surface area contributed by atoms with Gasteiger partial charge in [0.1, 0.15) is 11.3 Å². The molecule has 3 rings (SSSR count). The third kappa shape index (κ3) is 1.22. The van der Waals surface area contributed by atoms with Crippen LogP contribution in [-0.4, -0.2) is 24.0 Å². The molecule has 0 aliphatic carbocycles. The van der Waals surface area contributed by atoms with Gasteiger partial charge in [0.2, 0.25) is 0 Å². The van der Waals surface area contributed by atoms with Crippen LogP contribution in [0.1, 0.15) is 20.7 Å². The molecule has 0 bridgehead atoms. The minimum absolute atomic E-state index is 0.337. The lowest BCUT2D eigenvalue weighted by Gasteiger charge is -2.15. The predicted octanol–water partition coefficient (Wildman–Crippen LogP) is 1.55. The molecule has 5 nitrogen and oxygen atoms in total. The van der Waals surface area contributed by atoms with Gasteiger partial charge in [-0.1, -0.05) is 0 Å². The van der Waals surface area contributed by atoms with Crippen molar-refractivity contribution in [3.8, 4) is 5.75 Å². The van der Waals surface area contributed by atoms with Crippen LogP contribution in [0.15, 0.2) is 24.4 Å². The largest absolute Gasteiger partial charge is 0.494 e. The number of nitrogens with zero attached hydrogens (tertiary/aromatic N) is 1. The lowest BCUT2D eigenvalue weighted by atomic mass is 10.0. The van der Waals surface area contributed by atoms with Crippen molar-refractivity contribution >= 4 is 22.8 Å². The maximum atomic E-state index is 11.6. The van der Waals surface area contributed by atoms with Crippen molar-refractivity contribution in [3.05, 3.63) is 35.5 Å². The minimum Gasteiger partial charge on any atom is -0.494 e. The number of hydrogen-bond acceptors (Lipinski definition) is 5. The van der Waals surface area contributed by atoms with Crippen molar-refractivity contribution in [3.63, 3.8) is 0 Å². The molecule has 1 aromatic carbocycles. The maximum absolute atomic E-state index is 11.6. The van der Waals surface area contributed by atoms with Crippen LogP contribution in [0.2, 0.25) is 0 Å². The van der Waals surface area contributed by atoms with E-state index in [1.165, 1.54) is 19.4 Å². The highest BCUT2D eigenvalue weighted by Crippen LogP contribution is 2.32. The molecule has 17 heavy (non-hydrogen) atoms. The van der Waals surface area contributed by atoms with Crippen LogP contribution in [-0.2, 0) is 4.74 Å².